The maximum absolute atomic E-state index is 11.7. The van der Waals surface area contributed by atoms with E-state index in [0.29, 0.717) is 17.1 Å². The van der Waals surface area contributed by atoms with Crippen molar-refractivity contribution in [1.82, 2.24) is 5.32 Å². The van der Waals surface area contributed by atoms with Gasteiger partial charge in [0.05, 0.1) is 10.6 Å². The summed E-state index contributed by atoms with van der Waals surface area (Å²) in [4.78, 5) is 11.7. The number of nitrogens with one attached hydrogen (secondary N) is 1. The van der Waals surface area contributed by atoms with E-state index in [4.69, 9.17) is 23.2 Å². The number of hydrogen-bond donors (Lipinski definition) is 1. The average Bonchev–Trinajstić information content (AvgIpc) is 2.16. The first-order chi connectivity index (χ1) is 7.50. The van der Waals surface area contributed by atoms with Crippen molar-refractivity contribution in [1.29, 1.82) is 0 Å². The van der Waals surface area contributed by atoms with Gasteiger partial charge in [0.2, 0.25) is 0 Å². The summed E-state index contributed by atoms with van der Waals surface area (Å²) in [7, 11) is 0. The van der Waals surface area contributed by atoms with Crippen LogP contribution >= 0.6 is 39.1 Å². The molecule has 1 unspecified atom stereocenters. The lowest BCUT2D eigenvalue weighted by Crippen LogP contribution is -2.25. The first-order valence-electron chi connectivity index (χ1n) is 4.88. The molecule has 5 heteroatoms. The minimum Gasteiger partial charge on any atom is -0.352 e. The highest BCUT2D eigenvalue weighted by Crippen LogP contribution is 2.21. The molecule has 0 spiro atoms. The number of alkyl halides is 1. The third-order valence-corrected chi connectivity index (χ3v) is 3.03. The van der Waals surface area contributed by atoms with E-state index in [1.54, 1.807) is 18.2 Å². The predicted molar refractivity (Wildman–Crippen MR) is 71.4 cm³/mol. The summed E-state index contributed by atoms with van der Waals surface area (Å²) in [6.07, 6.45) is 0.738. The number of amides is 1. The van der Waals surface area contributed by atoms with Crippen LogP contribution in [-0.4, -0.2) is 17.8 Å². The average molecular weight is 325 g/mol. The highest BCUT2D eigenvalue weighted by Gasteiger charge is 2.10. The van der Waals surface area contributed by atoms with Crippen molar-refractivity contribution < 1.29 is 4.79 Å². The molecule has 0 saturated carbocycles. The third-order valence-electron chi connectivity index (χ3n) is 2.00. The molecule has 1 N–H and O–H groups in total. The van der Waals surface area contributed by atoms with Gasteiger partial charge in [-0.05, 0) is 31.5 Å². The van der Waals surface area contributed by atoms with Crippen molar-refractivity contribution in [3.05, 3.63) is 33.3 Å². The van der Waals surface area contributed by atoms with Crippen LogP contribution < -0.4 is 5.32 Å². The van der Waals surface area contributed by atoms with Crippen molar-refractivity contribution in [3.63, 3.8) is 0 Å². The highest BCUT2D eigenvalue weighted by atomic mass is 79.9. The molecule has 0 aliphatic heterocycles. The molecule has 16 heavy (non-hydrogen) atoms. The van der Waals surface area contributed by atoms with Gasteiger partial charge in [-0.3, -0.25) is 4.79 Å². The summed E-state index contributed by atoms with van der Waals surface area (Å²) in [5.41, 5.74) is 0.479. The zero-order valence-corrected chi connectivity index (χ0v) is 11.9. The molecule has 88 valence electrons. The van der Waals surface area contributed by atoms with E-state index in [0.717, 1.165) is 10.9 Å². The van der Waals surface area contributed by atoms with Crippen LogP contribution in [0.5, 0.6) is 0 Å². The fraction of sp³-hybridized carbons (Fsp3) is 0.364. The van der Waals surface area contributed by atoms with Crippen molar-refractivity contribution >= 4 is 45.0 Å². The van der Waals surface area contributed by atoms with Gasteiger partial charge in [-0.15, -0.1) is 11.6 Å². The Bertz CT molecular complexity index is 382. The molecule has 2 nitrogen and oxygen atoms in total. The van der Waals surface area contributed by atoms with Gasteiger partial charge in [-0.2, -0.15) is 0 Å². The zero-order valence-electron chi connectivity index (χ0n) is 8.77. The normalized spacial score (nSPS) is 12.2. The Kier molecular flexibility index (Phi) is 5.59. The Morgan fingerprint density at radius 1 is 1.56 bits per heavy atom. The van der Waals surface area contributed by atoms with Crippen LogP contribution in [0.2, 0.25) is 5.02 Å². The molecule has 1 atom stereocenters. The molecule has 0 aliphatic rings. The van der Waals surface area contributed by atoms with Crippen LogP contribution in [0, 0.1) is 0 Å². The second kappa shape index (κ2) is 6.48. The Balaban J connectivity index is 2.59. The highest BCUT2D eigenvalue weighted by molar-refractivity contribution is 9.10. The SMILES string of the molecule is CC(Cl)CCNC(=O)c1ccc(Br)cc1Cl. The van der Waals surface area contributed by atoms with Gasteiger partial charge in [-0.1, -0.05) is 27.5 Å². The summed E-state index contributed by atoms with van der Waals surface area (Å²) in [6, 6.07) is 5.16. The van der Waals surface area contributed by atoms with Crippen LogP contribution in [-0.2, 0) is 0 Å². The number of rotatable bonds is 4. The first-order valence-corrected chi connectivity index (χ1v) is 6.48. The number of benzene rings is 1. The number of carbonyl (C=O) groups excluding carboxylic acids is 1. The first kappa shape index (κ1) is 13.8. The second-order valence-corrected chi connectivity index (χ2v) is 5.52. The van der Waals surface area contributed by atoms with Gasteiger partial charge in [0.25, 0.3) is 5.91 Å². The Hall–Kier alpha value is -0.250. The maximum Gasteiger partial charge on any atom is 0.252 e. The Morgan fingerprint density at radius 3 is 2.81 bits per heavy atom. The molecule has 0 aromatic heterocycles. The van der Waals surface area contributed by atoms with E-state index in [-0.39, 0.29) is 11.3 Å². The molecule has 0 heterocycles. The number of carbonyl (C=O) groups is 1. The number of hydrogen-bond acceptors (Lipinski definition) is 1. The quantitative estimate of drug-likeness (QED) is 0.837. The second-order valence-electron chi connectivity index (χ2n) is 3.45. The molecule has 0 fully saturated rings. The van der Waals surface area contributed by atoms with Crippen molar-refractivity contribution in [2.75, 3.05) is 6.54 Å². The Morgan fingerprint density at radius 2 is 2.25 bits per heavy atom. The summed E-state index contributed by atoms with van der Waals surface area (Å²) in [6.45, 7) is 2.44. The van der Waals surface area contributed by atoms with Crippen molar-refractivity contribution in [2.45, 2.75) is 18.7 Å². The van der Waals surface area contributed by atoms with Crippen molar-refractivity contribution in [3.8, 4) is 0 Å². The molecule has 1 aromatic rings. The van der Waals surface area contributed by atoms with Crippen LogP contribution in [0.4, 0.5) is 0 Å². The maximum atomic E-state index is 11.7. The van der Waals surface area contributed by atoms with Crippen LogP contribution in [0.3, 0.4) is 0 Å². The molecular weight excluding hydrogens is 313 g/mol. The fourth-order valence-corrected chi connectivity index (χ4v) is 2.02. The molecule has 0 radical (unpaired) electrons. The Labute approximate surface area is 113 Å². The van der Waals surface area contributed by atoms with Gasteiger partial charge in [0, 0.05) is 16.4 Å². The molecule has 1 rings (SSSR count). The lowest BCUT2D eigenvalue weighted by molar-refractivity contribution is 0.0953. The molecule has 1 aromatic carbocycles. The monoisotopic (exact) mass is 323 g/mol. The fourth-order valence-electron chi connectivity index (χ4n) is 1.15. The van der Waals surface area contributed by atoms with E-state index in [1.165, 1.54) is 0 Å². The smallest absolute Gasteiger partial charge is 0.252 e. The molecule has 0 saturated heterocycles. The van der Waals surface area contributed by atoms with Crippen LogP contribution in [0.15, 0.2) is 22.7 Å². The molecular formula is C11H12BrCl2NO. The van der Waals surface area contributed by atoms with Gasteiger partial charge in [0.15, 0.2) is 0 Å². The van der Waals surface area contributed by atoms with Crippen molar-refractivity contribution in [2.24, 2.45) is 0 Å². The molecule has 0 bridgehead atoms. The molecule has 1 amide bonds. The lowest BCUT2D eigenvalue weighted by atomic mass is 10.2. The predicted octanol–water partition coefficient (Wildman–Crippen LogP) is 3.85. The summed E-state index contributed by atoms with van der Waals surface area (Å²) in [5, 5.41) is 3.26. The largest absolute Gasteiger partial charge is 0.352 e. The van der Waals surface area contributed by atoms with Gasteiger partial charge >= 0.3 is 0 Å². The van der Waals surface area contributed by atoms with E-state index in [2.05, 4.69) is 21.2 Å². The topological polar surface area (TPSA) is 29.1 Å². The summed E-state index contributed by atoms with van der Waals surface area (Å²) < 4.78 is 0.850. The summed E-state index contributed by atoms with van der Waals surface area (Å²) >= 11 is 15.0. The molecule has 0 aliphatic carbocycles. The van der Waals surface area contributed by atoms with Gasteiger partial charge in [0.1, 0.15) is 0 Å². The van der Waals surface area contributed by atoms with Crippen LogP contribution in [0.1, 0.15) is 23.7 Å². The minimum atomic E-state index is -0.171. The third kappa shape index (κ3) is 4.32. The van der Waals surface area contributed by atoms with Gasteiger partial charge < -0.3 is 5.32 Å². The van der Waals surface area contributed by atoms with E-state index in [9.17, 15) is 4.79 Å². The van der Waals surface area contributed by atoms with E-state index in [1.807, 2.05) is 6.92 Å². The number of halogens is 3. The minimum absolute atomic E-state index is 0.0562. The van der Waals surface area contributed by atoms with E-state index < -0.39 is 0 Å². The summed E-state index contributed by atoms with van der Waals surface area (Å²) in [5.74, 6) is -0.171. The lowest BCUT2D eigenvalue weighted by Gasteiger charge is -2.07. The van der Waals surface area contributed by atoms with E-state index >= 15 is 0 Å². The zero-order chi connectivity index (χ0) is 12.1. The van der Waals surface area contributed by atoms with Gasteiger partial charge in [-0.25, -0.2) is 0 Å². The van der Waals surface area contributed by atoms with Crippen LogP contribution in [0.25, 0.3) is 0 Å². The standard InChI is InChI=1S/C11H12BrCl2NO/c1-7(13)4-5-15-11(16)9-3-2-8(12)6-10(9)14/h2-3,6-7H,4-5H2,1H3,(H,15,16).